The number of fused-ring (bicyclic) bond motifs is 18. The number of benzene rings is 16. The van der Waals surface area contributed by atoms with Gasteiger partial charge in [0.2, 0.25) is 11.9 Å². The fraction of sp³-hybridized carbons (Fsp3) is 0. The summed E-state index contributed by atoms with van der Waals surface area (Å²) in [6.07, 6.45) is 0. The smallest absolute Gasteiger partial charge is 0.537 e. The lowest BCUT2D eigenvalue weighted by Gasteiger charge is -2.13. The van der Waals surface area contributed by atoms with E-state index in [1.54, 1.807) is 0 Å². The molecule has 6 aromatic heterocycles. The van der Waals surface area contributed by atoms with Gasteiger partial charge in [0, 0.05) is 91.6 Å². The highest BCUT2D eigenvalue weighted by molar-refractivity contribution is 9.10. The van der Waals surface area contributed by atoms with Crippen LogP contribution in [0.4, 0.5) is 0 Å². The van der Waals surface area contributed by atoms with Crippen molar-refractivity contribution in [2.75, 3.05) is 0 Å². The molecule has 22 rings (SSSR count). The van der Waals surface area contributed by atoms with Crippen LogP contribution in [0.25, 0.3) is 187 Å². The molecule has 507 valence electrons. The van der Waals surface area contributed by atoms with Crippen molar-refractivity contribution < 1.29 is 9.68 Å². The summed E-state index contributed by atoms with van der Waals surface area (Å²) >= 11 is 3.77. The van der Waals surface area contributed by atoms with Crippen molar-refractivity contribution in [3.63, 3.8) is 0 Å². The molecule has 0 amide bonds. The molecule has 0 spiro atoms. The van der Waals surface area contributed by atoms with Crippen molar-refractivity contribution in [2.45, 2.75) is 0 Å². The van der Waals surface area contributed by atoms with Crippen molar-refractivity contribution in [3.05, 3.63) is 368 Å². The van der Waals surface area contributed by atoms with Crippen LogP contribution in [0, 0.1) is 0 Å². The van der Waals surface area contributed by atoms with Crippen LogP contribution in [0.5, 0.6) is 5.75 Å². The van der Waals surface area contributed by atoms with Crippen LogP contribution in [-0.2, 0) is 0 Å². The zero-order valence-corrected chi connectivity index (χ0v) is 59.6. The Kier molecular flexibility index (Phi) is 15.8. The lowest BCUT2D eigenvalue weighted by molar-refractivity contribution is 0.457. The highest BCUT2D eigenvalue weighted by Crippen LogP contribution is 2.46. The van der Waals surface area contributed by atoms with Crippen molar-refractivity contribution in [1.29, 1.82) is 0 Å². The largest absolute Gasteiger partial charge is 0.569 e. The Morgan fingerprint density at radius 2 is 0.593 bits per heavy atom. The van der Waals surface area contributed by atoms with E-state index in [2.05, 4.69) is 350 Å². The van der Waals surface area contributed by atoms with Gasteiger partial charge in [-0.05, 0) is 119 Å². The standard InChI is InChI=1S/C48H30N4.C30H18BrN3.C18H13BNO2/c1-3-16-32(17-4-1)46-39-30-29-31-15-7-8-20-34(31)47(39)50-48(49-46)52-41-26-12-10-22-38(41)45-36(24-14-28-43(45)52)35-23-13-27-42-44(35)37-21-9-11-25-40(37)51(42)33-18-5-2-6-19-33;31-24-14-8-16-26-27(24)22-13-6-7-15-25(22)34(26)30-32-28(20-10-2-1-3-11-20)23-18-17-19-9-4-5-12-21(19)29(23)33-30;21-19-22-17-12-6-11-16-18(17)14-9-4-5-10-15(14)20(16)13-7-2-1-3-8-13/h1-30H;1-18H;1-12,21H. The van der Waals surface area contributed by atoms with Gasteiger partial charge >= 0.3 is 7.69 Å². The first-order valence-electron chi connectivity index (χ1n) is 36.0. The minimum absolute atomic E-state index is 0.644. The van der Waals surface area contributed by atoms with Gasteiger partial charge in [-0.1, -0.05) is 283 Å². The van der Waals surface area contributed by atoms with Gasteiger partial charge in [0.1, 0.15) is 5.75 Å². The molecule has 0 atom stereocenters. The molecular formula is C96H61BBrN8O2. The van der Waals surface area contributed by atoms with Gasteiger partial charge in [-0.15, -0.1) is 0 Å². The second-order valence-electron chi connectivity index (χ2n) is 26.8. The van der Waals surface area contributed by atoms with E-state index in [1.807, 2.05) is 48.5 Å². The van der Waals surface area contributed by atoms with E-state index in [-0.39, 0.29) is 0 Å². The van der Waals surface area contributed by atoms with Crippen LogP contribution in [0.15, 0.2) is 368 Å². The Morgan fingerprint density at radius 1 is 0.259 bits per heavy atom. The first-order valence-corrected chi connectivity index (χ1v) is 36.8. The first kappa shape index (κ1) is 63.9. The van der Waals surface area contributed by atoms with E-state index in [4.69, 9.17) is 29.6 Å². The van der Waals surface area contributed by atoms with Crippen molar-refractivity contribution >= 4 is 154 Å². The molecule has 22 aromatic rings. The minimum Gasteiger partial charge on any atom is -0.537 e. The van der Waals surface area contributed by atoms with Gasteiger partial charge in [-0.3, -0.25) is 9.13 Å². The molecule has 0 aliphatic heterocycles. The molecule has 0 saturated carbocycles. The highest BCUT2D eigenvalue weighted by atomic mass is 79.9. The zero-order chi connectivity index (χ0) is 71.8. The number of hydrogen-bond donors (Lipinski definition) is 1. The number of nitrogens with zero attached hydrogens (tertiary/aromatic N) is 8. The van der Waals surface area contributed by atoms with E-state index < -0.39 is 0 Å². The summed E-state index contributed by atoms with van der Waals surface area (Å²) in [5.41, 5.74) is 19.4. The number of halogens is 1. The van der Waals surface area contributed by atoms with E-state index in [1.165, 1.54) is 59.9 Å². The maximum absolute atomic E-state index is 9.02. The third-order valence-corrected chi connectivity index (χ3v) is 21.5. The second kappa shape index (κ2) is 26.7. The summed E-state index contributed by atoms with van der Waals surface area (Å²) in [4.78, 5) is 21.2. The molecule has 1 radical (unpaired) electrons. The van der Waals surface area contributed by atoms with Gasteiger partial charge in [0.25, 0.3) is 0 Å². The molecule has 1 N–H and O–H groups in total. The molecule has 6 heterocycles. The topological polar surface area (TPSA) is 101 Å². The van der Waals surface area contributed by atoms with Crippen LogP contribution in [0.2, 0.25) is 0 Å². The monoisotopic (exact) mass is 1450 g/mol. The van der Waals surface area contributed by atoms with E-state index in [0.29, 0.717) is 17.6 Å². The summed E-state index contributed by atoms with van der Waals surface area (Å²) in [6, 6.07) is 127. The molecular weight excluding hydrogens is 1390 g/mol. The van der Waals surface area contributed by atoms with E-state index in [9.17, 15) is 0 Å². The van der Waals surface area contributed by atoms with Crippen molar-refractivity contribution in [3.8, 4) is 62.7 Å². The third kappa shape index (κ3) is 10.6. The highest BCUT2D eigenvalue weighted by Gasteiger charge is 2.25. The van der Waals surface area contributed by atoms with Crippen molar-refractivity contribution in [2.24, 2.45) is 0 Å². The van der Waals surface area contributed by atoms with Crippen LogP contribution in [-0.4, -0.2) is 50.9 Å². The van der Waals surface area contributed by atoms with Crippen LogP contribution >= 0.6 is 15.9 Å². The Bertz CT molecular complexity index is 7280. The summed E-state index contributed by atoms with van der Waals surface area (Å²) in [5, 5.41) is 24.9. The fourth-order valence-corrected chi connectivity index (χ4v) is 16.9. The molecule has 0 saturated heterocycles. The minimum atomic E-state index is 0.644. The molecule has 0 fully saturated rings. The number of para-hydroxylation sites is 6. The summed E-state index contributed by atoms with van der Waals surface area (Å²) < 4.78 is 15.4. The average Bonchev–Trinajstić information content (AvgIpc) is 1.54. The Morgan fingerprint density at radius 3 is 1.05 bits per heavy atom. The third-order valence-electron chi connectivity index (χ3n) is 20.9. The maximum Gasteiger partial charge on any atom is 0.569 e. The Hall–Kier alpha value is -13.8. The number of hydrogen-bond acceptors (Lipinski definition) is 6. The SMILES string of the molecule is Brc1cccc2c1c1ccccc1n2-c1nc(-c2ccccc2)c2ccc3ccccc3c2n1.O[B]Oc1cccc2c1c1ccccc1n2-c1ccccc1.c1ccc(-c2nc(-n3c4ccccc4c4c(-c5cccc6c5c5ccccc5n6-c5ccccc5)cccc43)nc3c2ccc2ccccc23)cc1. The fourth-order valence-electron chi connectivity index (χ4n) is 16.3. The summed E-state index contributed by atoms with van der Waals surface area (Å²) in [5.74, 6) is 1.97. The predicted molar refractivity (Wildman–Crippen MR) is 450 cm³/mol. The van der Waals surface area contributed by atoms with Crippen LogP contribution < -0.4 is 4.65 Å². The quantitative estimate of drug-likeness (QED) is 0.114. The number of aromatic nitrogens is 8. The van der Waals surface area contributed by atoms with Gasteiger partial charge in [0.15, 0.2) is 0 Å². The molecule has 0 bridgehead atoms. The molecule has 10 nitrogen and oxygen atoms in total. The Labute approximate surface area is 629 Å². The zero-order valence-electron chi connectivity index (χ0n) is 58.0. The summed E-state index contributed by atoms with van der Waals surface area (Å²) in [7, 11) is 0.726. The van der Waals surface area contributed by atoms with Gasteiger partial charge in [-0.25, -0.2) is 19.9 Å². The summed E-state index contributed by atoms with van der Waals surface area (Å²) in [6.45, 7) is 0. The molecule has 0 aliphatic rings. The molecule has 12 heteroatoms. The molecule has 16 aromatic carbocycles. The van der Waals surface area contributed by atoms with Gasteiger partial charge in [-0.2, -0.15) is 0 Å². The molecule has 0 unspecified atom stereocenters. The Balaban J connectivity index is 0.000000117. The average molecular weight is 1450 g/mol. The first-order chi connectivity index (χ1) is 53.5. The number of rotatable bonds is 9. The predicted octanol–water partition coefficient (Wildman–Crippen LogP) is 24.3. The maximum atomic E-state index is 9.02. The normalized spacial score (nSPS) is 11.6. The van der Waals surface area contributed by atoms with Gasteiger partial charge in [0.05, 0.1) is 66.6 Å². The van der Waals surface area contributed by atoms with Crippen molar-refractivity contribution in [1.82, 2.24) is 38.2 Å². The molecule has 0 aliphatic carbocycles. The lowest BCUT2D eigenvalue weighted by atomic mass is 9.95. The van der Waals surface area contributed by atoms with Gasteiger partial charge < -0.3 is 18.8 Å². The van der Waals surface area contributed by atoms with E-state index in [0.717, 1.165) is 128 Å². The van der Waals surface area contributed by atoms with Crippen LogP contribution in [0.1, 0.15) is 0 Å². The van der Waals surface area contributed by atoms with Crippen LogP contribution in [0.3, 0.4) is 0 Å². The van der Waals surface area contributed by atoms with E-state index >= 15 is 0 Å². The lowest BCUT2D eigenvalue weighted by Crippen LogP contribution is -2.03. The second-order valence-corrected chi connectivity index (χ2v) is 27.7. The molecule has 108 heavy (non-hydrogen) atoms.